The molecule has 6 nitrogen and oxygen atoms in total. The van der Waals surface area contributed by atoms with Gasteiger partial charge in [0.25, 0.3) is 5.91 Å². The number of para-hydroxylation sites is 1. The third kappa shape index (κ3) is 3.71. The summed E-state index contributed by atoms with van der Waals surface area (Å²) in [7, 11) is 1.64. The van der Waals surface area contributed by atoms with Crippen LogP contribution >= 0.6 is 0 Å². The lowest BCUT2D eigenvalue weighted by Gasteiger charge is -2.33. The number of carbonyl (C=O) groups is 1. The second kappa shape index (κ2) is 7.76. The normalized spacial score (nSPS) is 16.8. The van der Waals surface area contributed by atoms with E-state index in [2.05, 4.69) is 10.3 Å². The van der Waals surface area contributed by atoms with Crippen molar-refractivity contribution in [3.05, 3.63) is 70.5 Å². The molecule has 144 valence electrons. The fraction of sp³-hybridized carbons (Fsp3) is 0.273. The number of ether oxygens (including phenoxy) is 1. The van der Waals surface area contributed by atoms with Crippen LogP contribution in [-0.2, 0) is 0 Å². The lowest BCUT2D eigenvalue weighted by atomic mass is 10.0. The molecule has 1 amide bonds. The number of aromatic amines is 1. The van der Waals surface area contributed by atoms with Crippen LogP contribution in [0.4, 0.5) is 5.69 Å². The van der Waals surface area contributed by atoms with Crippen molar-refractivity contribution in [2.75, 3.05) is 25.5 Å². The highest BCUT2D eigenvalue weighted by molar-refractivity contribution is 5.95. The maximum absolute atomic E-state index is 13.0. The second-order valence-corrected chi connectivity index (χ2v) is 7.06. The van der Waals surface area contributed by atoms with Crippen molar-refractivity contribution in [2.24, 2.45) is 0 Å². The number of likely N-dealkylation sites (tertiary alicyclic amines) is 1. The molecule has 4 rings (SSSR count). The smallest absolute Gasteiger partial charge is 0.270 e. The molecule has 0 bridgehead atoms. The number of hydrogen-bond acceptors (Lipinski definition) is 4. The number of methoxy groups -OCH3 is 1. The molecule has 0 radical (unpaired) electrons. The standard InChI is InChI=1S/C22H23N3O3/c1-28-17-10-8-15(9-11-17)23-16-5-4-12-25(14-16)22(27)20-13-21(26)18-6-2-3-7-19(18)24-20/h2-3,6-11,13,16,23H,4-5,12,14H2,1H3,(H,24,26)/t16-/m1/s1. The van der Waals surface area contributed by atoms with Crippen LogP contribution in [0, 0.1) is 0 Å². The van der Waals surface area contributed by atoms with E-state index in [0.717, 1.165) is 24.3 Å². The van der Waals surface area contributed by atoms with E-state index in [0.29, 0.717) is 29.7 Å². The van der Waals surface area contributed by atoms with E-state index in [1.165, 1.54) is 6.07 Å². The first-order valence-electron chi connectivity index (χ1n) is 9.46. The fourth-order valence-corrected chi connectivity index (χ4v) is 3.68. The van der Waals surface area contributed by atoms with Gasteiger partial charge in [0.05, 0.1) is 7.11 Å². The third-order valence-electron chi connectivity index (χ3n) is 5.14. The number of benzene rings is 2. The predicted octanol–water partition coefficient (Wildman–Crippen LogP) is 3.25. The van der Waals surface area contributed by atoms with Gasteiger partial charge in [-0.3, -0.25) is 9.59 Å². The summed E-state index contributed by atoms with van der Waals surface area (Å²) in [6, 6.07) is 16.6. The Kier molecular flexibility index (Phi) is 5.02. The molecule has 1 aliphatic heterocycles. The fourth-order valence-electron chi connectivity index (χ4n) is 3.68. The monoisotopic (exact) mass is 377 g/mol. The minimum Gasteiger partial charge on any atom is -0.497 e. The van der Waals surface area contributed by atoms with E-state index < -0.39 is 0 Å². The maximum atomic E-state index is 13.0. The highest BCUT2D eigenvalue weighted by Gasteiger charge is 2.25. The van der Waals surface area contributed by atoms with Crippen molar-refractivity contribution in [3.63, 3.8) is 0 Å². The summed E-state index contributed by atoms with van der Waals surface area (Å²) in [5, 5.41) is 4.08. The number of H-pyrrole nitrogens is 1. The van der Waals surface area contributed by atoms with Gasteiger partial charge >= 0.3 is 0 Å². The number of piperidine rings is 1. The minimum absolute atomic E-state index is 0.135. The molecule has 1 atom stereocenters. The number of nitrogens with zero attached hydrogens (tertiary/aromatic N) is 1. The van der Waals surface area contributed by atoms with Gasteiger partial charge < -0.3 is 19.9 Å². The molecule has 0 spiro atoms. The van der Waals surface area contributed by atoms with Gasteiger partial charge in [0.1, 0.15) is 11.4 Å². The minimum atomic E-state index is -0.136. The molecule has 0 aliphatic carbocycles. The van der Waals surface area contributed by atoms with Crippen LogP contribution in [0.15, 0.2) is 59.4 Å². The first-order valence-corrected chi connectivity index (χ1v) is 9.46. The second-order valence-electron chi connectivity index (χ2n) is 7.06. The Morgan fingerprint density at radius 3 is 2.75 bits per heavy atom. The number of carbonyl (C=O) groups excluding carboxylic acids is 1. The number of aromatic nitrogens is 1. The SMILES string of the molecule is COc1ccc(N[C@@H]2CCCN(C(=O)c3cc(=O)c4ccccc4[nH]3)C2)cc1. The first-order chi connectivity index (χ1) is 13.6. The summed E-state index contributed by atoms with van der Waals surface area (Å²) < 4.78 is 5.19. The third-order valence-corrected chi connectivity index (χ3v) is 5.14. The number of fused-ring (bicyclic) bond motifs is 1. The number of anilines is 1. The average molecular weight is 377 g/mol. The van der Waals surface area contributed by atoms with Crippen LogP contribution in [0.3, 0.4) is 0 Å². The maximum Gasteiger partial charge on any atom is 0.270 e. The molecule has 0 saturated carbocycles. The van der Waals surface area contributed by atoms with E-state index >= 15 is 0 Å². The molecule has 1 saturated heterocycles. The topological polar surface area (TPSA) is 74.4 Å². The number of nitrogens with one attached hydrogen (secondary N) is 2. The van der Waals surface area contributed by atoms with Crippen molar-refractivity contribution < 1.29 is 9.53 Å². The summed E-state index contributed by atoms with van der Waals surface area (Å²) in [4.78, 5) is 30.2. The number of pyridine rings is 1. The summed E-state index contributed by atoms with van der Waals surface area (Å²) in [6.07, 6.45) is 1.90. The largest absolute Gasteiger partial charge is 0.497 e. The highest BCUT2D eigenvalue weighted by Crippen LogP contribution is 2.20. The van der Waals surface area contributed by atoms with Crippen LogP contribution in [-0.4, -0.2) is 42.0 Å². The summed E-state index contributed by atoms with van der Waals surface area (Å²) in [5.41, 5.74) is 1.89. The molecule has 2 aromatic carbocycles. The van der Waals surface area contributed by atoms with Crippen LogP contribution in [0.25, 0.3) is 10.9 Å². The average Bonchev–Trinajstić information content (AvgIpc) is 2.74. The molecule has 3 aromatic rings. The Labute approximate surface area is 163 Å². The molecular formula is C22H23N3O3. The van der Waals surface area contributed by atoms with Crippen molar-refractivity contribution >= 4 is 22.5 Å². The van der Waals surface area contributed by atoms with Crippen LogP contribution in [0.1, 0.15) is 23.3 Å². The zero-order valence-electron chi connectivity index (χ0n) is 15.8. The molecular weight excluding hydrogens is 354 g/mol. The Hall–Kier alpha value is -3.28. The Bertz CT molecular complexity index is 1040. The van der Waals surface area contributed by atoms with E-state index in [1.54, 1.807) is 13.2 Å². The quantitative estimate of drug-likeness (QED) is 0.732. The number of amides is 1. The molecule has 1 fully saturated rings. The number of hydrogen-bond donors (Lipinski definition) is 2. The lowest BCUT2D eigenvalue weighted by molar-refractivity contribution is 0.0709. The van der Waals surface area contributed by atoms with Gasteiger partial charge in [0.2, 0.25) is 0 Å². The Morgan fingerprint density at radius 2 is 1.96 bits per heavy atom. The zero-order valence-corrected chi connectivity index (χ0v) is 15.8. The van der Waals surface area contributed by atoms with Gasteiger partial charge in [-0.25, -0.2) is 0 Å². The van der Waals surface area contributed by atoms with Gasteiger partial charge in [0, 0.05) is 41.8 Å². The molecule has 1 aliphatic rings. The summed E-state index contributed by atoms with van der Waals surface area (Å²) in [6.45, 7) is 1.29. The van der Waals surface area contributed by atoms with E-state index in [1.807, 2.05) is 47.4 Å². The molecule has 1 aromatic heterocycles. The first kappa shape index (κ1) is 18.1. The Balaban J connectivity index is 1.49. The predicted molar refractivity (Wildman–Crippen MR) is 110 cm³/mol. The Morgan fingerprint density at radius 1 is 1.18 bits per heavy atom. The van der Waals surface area contributed by atoms with Crippen LogP contribution in [0.2, 0.25) is 0 Å². The van der Waals surface area contributed by atoms with Gasteiger partial charge in [-0.05, 0) is 49.2 Å². The van der Waals surface area contributed by atoms with Gasteiger partial charge in [0.15, 0.2) is 5.43 Å². The molecule has 2 heterocycles. The van der Waals surface area contributed by atoms with Gasteiger partial charge in [-0.2, -0.15) is 0 Å². The van der Waals surface area contributed by atoms with Crippen molar-refractivity contribution in [1.29, 1.82) is 0 Å². The summed E-state index contributed by atoms with van der Waals surface area (Å²) >= 11 is 0. The van der Waals surface area contributed by atoms with E-state index in [9.17, 15) is 9.59 Å². The lowest BCUT2D eigenvalue weighted by Crippen LogP contribution is -2.45. The highest BCUT2D eigenvalue weighted by atomic mass is 16.5. The molecule has 2 N–H and O–H groups in total. The molecule has 28 heavy (non-hydrogen) atoms. The number of rotatable bonds is 4. The van der Waals surface area contributed by atoms with Crippen LogP contribution < -0.4 is 15.5 Å². The van der Waals surface area contributed by atoms with Crippen molar-refractivity contribution in [2.45, 2.75) is 18.9 Å². The van der Waals surface area contributed by atoms with E-state index in [-0.39, 0.29) is 17.4 Å². The molecule has 0 unspecified atom stereocenters. The zero-order chi connectivity index (χ0) is 19.5. The van der Waals surface area contributed by atoms with Gasteiger partial charge in [-0.1, -0.05) is 12.1 Å². The summed E-state index contributed by atoms with van der Waals surface area (Å²) in [5.74, 6) is 0.676. The van der Waals surface area contributed by atoms with Crippen molar-refractivity contribution in [3.8, 4) is 5.75 Å². The molecule has 6 heteroatoms. The van der Waals surface area contributed by atoms with Gasteiger partial charge in [-0.15, -0.1) is 0 Å². The van der Waals surface area contributed by atoms with Crippen molar-refractivity contribution in [1.82, 2.24) is 9.88 Å². The van der Waals surface area contributed by atoms with Crippen LogP contribution in [0.5, 0.6) is 5.75 Å². The van der Waals surface area contributed by atoms with E-state index in [4.69, 9.17) is 4.74 Å².